The summed E-state index contributed by atoms with van der Waals surface area (Å²) in [6.07, 6.45) is 0.555. The first-order valence-corrected chi connectivity index (χ1v) is 7.11. The lowest BCUT2D eigenvalue weighted by Gasteiger charge is -2.18. The minimum Gasteiger partial charge on any atom is -0.507 e. The van der Waals surface area contributed by atoms with Crippen LogP contribution in [0.1, 0.15) is 50.0 Å². The Labute approximate surface area is 124 Å². The van der Waals surface area contributed by atoms with E-state index in [0.717, 1.165) is 6.42 Å². The van der Waals surface area contributed by atoms with Crippen molar-refractivity contribution in [1.29, 1.82) is 0 Å². The number of carbonyl (C=O) groups is 2. The van der Waals surface area contributed by atoms with Gasteiger partial charge in [-0.1, -0.05) is 13.3 Å². The Balaban J connectivity index is 3.09. The summed E-state index contributed by atoms with van der Waals surface area (Å²) >= 11 is 0. The minimum absolute atomic E-state index is 0.0714. The van der Waals surface area contributed by atoms with Gasteiger partial charge in [-0.05, 0) is 39.3 Å². The van der Waals surface area contributed by atoms with Crippen LogP contribution in [0.25, 0.3) is 0 Å². The molecule has 1 unspecified atom stereocenters. The van der Waals surface area contributed by atoms with E-state index >= 15 is 0 Å². The van der Waals surface area contributed by atoms with E-state index in [0.29, 0.717) is 17.7 Å². The maximum Gasteiger partial charge on any atom is 0.347 e. The Morgan fingerprint density at radius 3 is 2.48 bits per heavy atom. The second-order valence-electron chi connectivity index (χ2n) is 4.76. The smallest absolute Gasteiger partial charge is 0.347 e. The molecule has 0 saturated carbocycles. The van der Waals surface area contributed by atoms with E-state index in [4.69, 9.17) is 9.47 Å². The molecule has 0 spiro atoms. The third-order valence-corrected chi connectivity index (χ3v) is 3.04. The Bertz CT molecular complexity index is 522. The molecular weight excluding hydrogens is 272 g/mol. The summed E-state index contributed by atoms with van der Waals surface area (Å²) in [7, 11) is 0. The molecule has 1 atom stereocenters. The van der Waals surface area contributed by atoms with E-state index in [1.165, 1.54) is 13.0 Å². The van der Waals surface area contributed by atoms with Crippen molar-refractivity contribution in [3.05, 3.63) is 23.3 Å². The van der Waals surface area contributed by atoms with Gasteiger partial charge >= 0.3 is 5.97 Å². The minimum atomic E-state index is -0.775. The number of carbonyl (C=O) groups excluding carboxylic acids is 2. The molecule has 0 amide bonds. The van der Waals surface area contributed by atoms with Crippen LogP contribution in [-0.4, -0.2) is 29.6 Å². The molecule has 5 nitrogen and oxygen atoms in total. The first-order valence-electron chi connectivity index (χ1n) is 7.11. The van der Waals surface area contributed by atoms with Gasteiger partial charge in [0.2, 0.25) is 0 Å². The predicted octanol–water partition coefficient (Wildman–Crippen LogP) is 2.88. The number of rotatable bonds is 7. The topological polar surface area (TPSA) is 72.8 Å². The van der Waals surface area contributed by atoms with E-state index in [1.807, 2.05) is 6.92 Å². The average Bonchev–Trinajstić information content (AvgIpc) is 2.42. The Morgan fingerprint density at radius 1 is 1.29 bits per heavy atom. The Hall–Kier alpha value is -2.04. The fraction of sp³-hybridized carbons (Fsp3) is 0.500. The zero-order chi connectivity index (χ0) is 16.0. The molecule has 0 heterocycles. The second kappa shape index (κ2) is 7.67. The summed E-state index contributed by atoms with van der Waals surface area (Å²) in [6, 6.07) is 3.11. The SMILES string of the molecule is CCCc1c(OC(C)C(=O)OCC)ccc(C(C)=O)c1O. The van der Waals surface area contributed by atoms with Gasteiger partial charge in [0.25, 0.3) is 0 Å². The lowest BCUT2D eigenvalue weighted by Crippen LogP contribution is -2.26. The van der Waals surface area contributed by atoms with E-state index in [-0.39, 0.29) is 23.7 Å². The maximum absolute atomic E-state index is 11.6. The number of benzene rings is 1. The molecule has 21 heavy (non-hydrogen) atoms. The fourth-order valence-electron chi connectivity index (χ4n) is 2.00. The van der Waals surface area contributed by atoms with Crippen molar-refractivity contribution < 1.29 is 24.2 Å². The van der Waals surface area contributed by atoms with Crippen LogP contribution in [0.3, 0.4) is 0 Å². The van der Waals surface area contributed by atoms with Gasteiger partial charge in [-0.15, -0.1) is 0 Å². The molecular formula is C16H22O5. The van der Waals surface area contributed by atoms with Crippen molar-refractivity contribution >= 4 is 11.8 Å². The van der Waals surface area contributed by atoms with Crippen molar-refractivity contribution in [2.24, 2.45) is 0 Å². The van der Waals surface area contributed by atoms with Crippen molar-refractivity contribution in [3.63, 3.8) is 0 Å². The molecule has 1 aromatic carbocycles. The first-order chi connectivity index (χ1) is 9.92. The lowest BCUT2D eigenvalue weighted by molar-refractivity contribution is -0.150. The highest BCUT2D eigenvalue weighted by Gasteiger charge is 2.21. The fourth-order valence-corrected chi connectivity index (χ4v) is 2.00. The van der Waals surface area contributed by atoms with Crippen molar-refractivity contribution in [1.82, 2.24) is 0 Å². The van der Waals surface area contributed by atoms with Crippen molar-refractivity contribution in [3.8, 4) is 11.5 Å². The Morgan fingerprint density at radius 2 is 1.95 bits per heavy atom. The van der Waals surface area contributed by atoms with Gasteiger partial charge in [-0.3, -0.25) is 4.79 Å². The van der Waals surface area contributed by atoms with Gasteiger partial charge in [0.1, 0.15) is 11.5 Å². The summed E-state index contributed by atoms with van der Waals surface area (Å²) in [5, 5.41) is 10.2. The zero-order valence-electron chi connectivity index (χ0n) is 12.9. The van der Waals surface area contributed by atoms with E-state index in [1.54, 1.807) is 19.9 Å². The van der Waals surface area contributed by atoms with Gasteiger partial charge in [-0.2, -0.15) is 0 Å². The monoisotopic (exact) mass is 294 g/mol. The summed E-state index contributed by atoms with van der Waals surface area (Å²) in [5.41, 5.74) is 0.802. The third-order valence-electron chi connectivity index (χ3n) is 3.04. The molecule has 1 rings (SSSR count). The standard InChI is InChI=1S/C16H22O5/c1-5-7-13-14(21-11(4)16(19)20-6-2)9-8-12(10(3)17)15(13)18/h8-9,11,18H,5-7H2,1-4H3. The highest BCUT2D eigenvalue weighted by molar-refractivity contribution is 5.97. The molecule has 116 valence electrons. The molecule has 0 fully saturated rings. The van der Waals surface area contributed by atoms with Crippen LogP contribution in [0, 0.1) is 0 Å². The average molecular weight is 294 g/mol. The molecule has 0 aliphatic carbocycles. The normalized spacial score (nSPS) is 11.8. The predicted molar refractivity (Wildman–Crippen MR) is 78.8 cm³/mol. The first kappa shape index (κ1) is 17.0. The highest BCUT2D eigenvalue weighted by atomic mass is 16.6. The molecule has 1 aromatic rings. The quantitative estimate of drug-likeness (QED) is 0.618. The molecule has 0 saturated heterocycles. The number of aromatic hydroxyl groups is 1. The highest BCUT2D eigenvalue weighted by Crippen LogP contribution is 2.33. The largest absolute Gasteiger partial charge is 0.507 e. The molecule has 0 aromatic heterocycles. The molecule has 5 heteroatoms. The van der Waals surface area contributed by atoms with Gasteiger partial charge < -0.3 is 14.6 Å². The molecule has 1 N–H and O–H groups in total. The molecule has 0 aliphatic heterocycles. The van der Waals surface area contributed by atoms with Crippen molar-refractivity contribution in [2.45, 2.75) is 46.6 Å². The van der Waals surface area contributed by atoms with Crippen LogP contribution >= 0.6 is 0 Å². The van der Waals surface area contributed by atoms with Crippen LogP contribution in [-0.2, 0) is 16.0 Å². The Kier molecular flexibility index (Phi) is 6.21. The van der Waals surface area contributed by atoms with E-state index in [2.05, 4.69) is 0 Å². The second-order valence-corrected chi connectivity index (χ2v) is 4.76. The number of hydrogen-bond donors (Lipinski definition) is 1. The number of ketones is 1. The summed E-state index contributed by atoms with van der Waals surface area (Å²) in [4.78, 5) is 23.1. The van der Waals surface area contributed by atoms with Crippen LogP contribution < -0.4 is 4.74 Å². The number of Topliss-reactive ketones (excluding diaryl/α,β-unsaturated/α-hetero) is 1. The van der Waals surface area contributed by atoms with Crippen molar-refractivity contribution in [2.75, 3.05) is 6.61 Å². The van der Waals surface area contributed by atoms with Crippen LogP contribution in [0.2, 0.25) is 0 Å². The number of ether oxygens (including phenoxy) is 2. The number of hydrogen-bond acceptors (Lipinski definition) is 5. The number of esters is 1. The van der Waals surface area contributed by atoms with E-state index in [9.17, 15) is 14.7 Å². The molecule has 0 bridgehead atoms. The van der Waals surface area contributed by atoms with Crippen LogP contribution in [0.15, 0.2) is 12.1 Å². The molecule has 0 radical (unpaired) electrons. The van der Waals surface area contributed by atoms with Gasteiger partial charge in [0.05, 0.1) is 12.2 Å². The lowest BCUT2D eigenvalue weighted by atomic mass is 10.0. The summed E-state index contributed by atoms with van der Waals surface area (Å²) in [5.74, 6) is -0.345. The van der Waals surface area contributed by atoms with Gasteiger partial charge in [0.15, 0.2) is 11.9 Å². The van der Waals surface area contributed by atoms with Gasteiger partial charge in [-0.25, -0.2) is 4.79 Å². The number of phenolic OH excluding ortho intramolecular Hbond substituents is 1. The van der Waals surface area contributed by atoms with Crippen LogP contribution in [0.4, 0.5) is 0 Å². The zero-order valence-corrected chi connectivity index (χ0v) is 12.9. The third kappa shape index (κ3) is 4.21. The summed E-state index contributed by atoms with van der Waals surface area (Å²) < 4.78 is 10.5. The number of phenols is 1. The van der Waals surface area contributed by atoms with Gasteiger partial charge in [0, 0.05) is 5.56 Å². The summed E-state index contributed by atoms with van der Waals surface area (Å²) in [6.45, 7) is 6.94. The maximum atomic E-state index is 11.6. The molecule has 0 aliphatic rings. The van der Waals surface area contributed by atoms with Crippen LogP contribution in [0.5, 0.6) is 11.5 Å². The van der Waals surface area contributed by atoms with E-state index < -0.39 is 12.1 Å².